The maximum absolute atomic E-state index is 13.9. The first-order chi connectivity index (χ1) is 10.0. The van der Waals surface area contributed by atoms with Crippen molar-refractivity contribution in [2.45, 2.75) is 0 Å². The van der Waals surface area contributed by atoms with Gasteiger partial charge >= 0.3 is 5.97 Å². The molecule has 0 radical (unpaired) electrons. The van der Waals surface area contributed by atoms with Crippen LogP contribution in [0.5, 0.6) is 0 Å². The van der Waals surface area contributed by atoms with Gasteiger partial charge in [-0.1, -0.05) is 0 Å². The quantitative estimate of drug-likeness (QED) is 0.782. The number of carboxylic acids is 1. The summed E-state index contributed by atoms with van der Waals surface area (Å²) in [7, 11) is 3.00. The minimum absolute atomic E-state index is 0.174. The van der Waals surface area contributed by atoms with Crippen LogP contribution in [-0.4, -0.2) is 62.4 Å². The summed E-state index contributed by atoms with van der Waals surface area (Å²) in [5.41, 5.74) is -0.378. The number of carboxylic acid groups (broad SMARTS) is 1. The molecule has 6 nitrogen and oxygen atoms in total. The van der Waals surface area contributed by atoms with Crippen LogP contribution in [0.3, 0.4) is 0 Å². The van der Waals surface area contributed by atoms with Crippen molar-refractivity contribution >= 4 is 11.9 Å². The van der Waals surface area contributed by atoms with E-state index in [0.717, 1.165) is 6.07 Å². The predicted molar refractivity (Wildman–Crippen MR) is 73.0 cm³/mol. The van der Waals surface area contributed by atoms with Crippen molar-refractivity contribution in [1.29, 1.82) is 0 Å². The number of carbonyl (C=O) groups is 2. The van der Waals surface area contributed by atoms with E-state index in [1.165, 1.54) is 31.3 Å². The molecule has 0 aliphatic rings. The first-order valence-electron chi connectivity index (χ1n) is 6.31. The molecule has 0 saturated heterocycles. The van der Waals surface area contributed by atoms with E-state index in [1.807, 2.05) is 0 Å². The van der Waals surface area contributed by atoms with Crippen LogP contribution in [0, 0.1) is 5.82 Å². The molecule has 0 aromatic heterocycles. The van der Waals surface area contributed by atoms with Crippen LogP contribution in [0.25, 0.3) is 0 Å². The fraction of sp³-hybridized carbons (Fsp3) is 0.429. The molecule has 0 atom stereocenters. The molecule has 1 amide bonds. The number of aromatic carboxylic acids is 1. The number of nitrogens with zero attached hydrogens (tertiary/aromatic N) is 1. The van der Waals surface area contributed by atoms with E-state index in [2.05, 4.69) is 0 Å². The Morgan fingerprint density at radius 1 is 1.19 bits per heavy atom. The molecule has 0 heterocycles. The average Bonchev–Trinajstić information content (AvgIpc) is 2.46. The second kappa shape index (κ2) is 8.33. The van der Waals surface area contributed by atoms with Crippen LogP contribution in [0.1, 0.15) is 20.7 Å². The van der Waals surface area contributed by atoms with Gasteiger partial charge in [-0.3, -0.25) is 4.79 Å². The Hall–Kier alpha value is -1.99. The number of methoxy groups -OCH3 is 2. The van der Waals surface area contributed by atoms with Gasteiger partial charge in [-0.15, -0.1) is 0 Å². The van der Waals surface area contributed by atoms with E-state index in [0.29, 0.717) is 26.3 Å². The number of benzene rings is 1. The Bertz CT molecular complexity index is 498. The van der Waals surface area contributed by atoms with Gasteiger partial charge in [-0.2, -0.15) is 0 Å². The van der Waals surface area contributed by atoms with Crippen LogP contribution in [0.2, 0.25) is 0 Å². The molecular formula is C14H18FNO5. The summed E-state index contributed by atoms with van der Waals surface area (Å²) in [5, 5.41) is 8.79. The number of hydrogen-bond donors (Lipinski definition) is 1. The van der Waals surface area contributed by atoms with Gasteiger partial charge < -0.3 is 19.5 Å². The number of amides is 1. The van der Waals surface area contributed by atoms with Gasteiger partial charge in [-0.05, 0) is 18.2 Å². The summed E-state index contributed by atoms with van der Waals surface area (Å²) >= 11 is 0. The molecule has 0 aliphatic heterocycles. The highest BCUT2D eigenvalue weighted by molar-refractivity contribution is 5.96. The van der Waals surface area contributed by atoms with Gasteiger partial charge in [0, 0.05) is 27.3 Å². The van der Waals surface area contributed by atoms with E-state index in [1.54, 1.807) is 0 Å². The largest absolute Gasteiger partial charge is 0.478 e. The standard InChI is InChI=1S/C14H18FNO5/c1-20-7-5-16(6-8-21-2)13(17)11-4-3-10(14(18)19)9-12(11)15/h3-4,9H,5-8H2,1-2H3,(H,18,19). The highest BCUT2D eigenvalue weighted by Crippen LogP contribution is 2.13. The lowest BCUT2D eigenvalue weighted by molar-refractivity contribution is 0.0620. The van der Waals surface area contributed by atoms with Crippen molar-refractivity contribution in [2.24, 2.45) is 0 Å². The number of ether oxygens (including phenoxy) is 2. The Morgan fingerprint density at radius 3 is 2.19 bits per heavy atom. The number of halogens is 1. The summed E-state index contributed by atoms with van der Waals surface area (Å²) in [4.78, 5) is 24.4. The van der Waals surface area contributed by atoms with Crippen molar-refractivity contribution in [3.8, 4) is 0 Å². The van der Waals surface area contributed by atoms with Crippen molar-refractivity contribution < 1.29 is 28.6 Å². The van der Waals surface area contributed by atoms with Gasteiger partial charge in [0.2, 0.25) is 0 Å². The first-order valence-corrected chi connectivity index (χ1v) is 6.31. The van der Waals surface area contributed by atoms with Crippen LogP contribution in [0.4, 0.5) is 4.39 Å². The zero-order valence-electron chi connectivity index (χ0n) is 12.0. The predicted octanol–water partition coefficient (Wildman–Crippen LogP) is 1.26. The lowest BCUT2D eigenvalue weighted by Gasteiger charge is -2.22. The molecule has 1 aromatic carbocycles. The van der Waals surface area contributed by atoms with E-state index >= 15 is 0 Å². The summed E-state index contributed by atoms with van der Waals surface area (Å²) in [6.45, 7) is 1.20. The highest BCUT2D eigenvalue weighted by atomic mass is 19.1. The Balaban J connectivity index is 2.94. The van der Waals surface area contributed by atoms with Gasteiger partial charge in [-0.25, -0.2) is 9.18 Å². The van der Waals surface area contributed by atoms with Crippen LogP contribution < -0.4 is 0 Å². The van der Waals surface area contributed by atoms with Gasteiger partial charge in [0.1, 0.15) is 5.82 Å². The van der Waals surface area contributed by atoms with E-state index < -0.39 is 17.7 Å². The van der Waals surface area contributed by atoms with E-state index in [4.69, 9.17) is 14.6 Å². The van der Waals surface area contributed by atoms with Crippen LogP contribution >= 0.6 is 0 Å². The zero-order chi connectivity index (χ0) is 15.8. The second-order valence-corrected chi connectivity index (χ2v) is 4.28. The van der Waals surface area contributed by atoms with Crippen molar-refractivity contribution in [3.05, 3.63) is 35.1 Å². The minimum Gasteiger partial charge on any atom is -0.478 e. The smallest absolute Gasteiger partial charge is 0.335 e. The lowest BCUT2D eigenvalue weighted by Crippen LogP contribution is -2.37. The SMILES string of the molecule is COCCN(CCOC)C(=O)c1ccc(C(=O)O)cc1F. The molecule has 0 unspecified atom stereocenters. The molecule has 1 rings (SSSR count). The molecule has 0 bridgehead atoms. The third kappa shape index (κ3) is 4.80. The van der Waals surface area contributed by atoms with Crippen molar-refractivity contribution in [3.63, 3.8) is 0 Å². The monoisotopic (exact) mass is 299 g/mol. The Morgan fingerprint density at radius 2 is 1.76 bits per heavy atom. The van der Waals surface area contributed by atoms with Gasteiger partial charge in [0.05, 0.1) is 24.3 Å². The van der Waals surface area contributed by atoms with Crippen molar-refractivity contribution in [2.75, 3.05) is 40.5 Å². The summed E-state index contributed by atoms with van der Waals surface area (Å²) in [6.07, 6.45) is 0. The maximum Gasteiger partial charge on any atom is 0.335 e. The molecule has 116 valence electrons. The van der Waals surface area contributed by atoms with E-state index in [-0.39, 0.29) is 11.1 Å². The molecule has 21 heavy (non-hydrogen) atoms. The van der Waals surface area contributed by atoms with Crippen LogP contribution in [0.15, 0.2) is 18.2 Å². The normalized spacial score (nSPS) is 10.4. The number of carbonyl (C=O) groups excluding carboxylic acids is 1. The van der Waals surface area contributed by atoms with Gasteiger partial charge in [0.25, 0.3) is 5.91 Å². The Labute approximate surface area is 122 Å². The second-order valence-electron chi connectivity index (χ2n) is 4.28. The first kappa shape index (κ1) is 17.1. The zero-order valence-corrected chi connectivity index (χ0v) is 12.0. The topological polar surface area (TPSA) is 76.1 Å². The Kier molecular flexibility index (Phi) is 6.77. The minimum atomic E-state index is -1.25. The fourth-order valence-electron chi connectivity index (χ4n) is 1.71. The fourth-order valence-corrected chi connectivity index (χ4v) is 1.71. The van der Waals surface area contributed by atoms with Crippen molar-refractivity contribution in [1.82, 2.24) is 4.90 Å². The molecular weight excluding hydrogens is 281 g/mol. The molecule has 7 heteroatoms. The number of hydrogen-bond acceptors (Lipinski definition) is 4. The molecule has 1 aromatic rings. The third-order valence-electron chi connectivity index (χ3n) is 2.86. The average molecular weight is 299 g/mol. The van der Waals surface area contributed by atoms with E-state index in [9.17, 15) is 14.0 Å². The molecule has 0 fully saturated rings. The summed E-state index contributed by atoms with van der Waals surface area (Å²) < 4.78 is 23.7. The third-order valence-corrected chi connectivity index (χ3v) is 2.86. The summed E-state index contributed by atoms with van der Waals surface area (Å²) in [6, 6.07) is 3.21. The van der Waals surface area contributed by atoms with Gasteiger partial charge in [0.15, 0.2) is 0 Å². The molecule has 1 N–H and O–H groups in total. The summed E-state index contributed by atoms with van der Waals surface area (Å²) in [5.74, 6) is -2.64. The maximum atomic E-state index is 13.9. The molecule has 0 aliphatic carbocycles. The highest BCUT2D eigenvalue weighted by Gasteiger charge is 2.20. The van der Waals surface area contributed by atoms with Crippen LogP contribution in [-0.2, 0) is 9.47 Å². The molecule has 0 spiro atoms. The number of rotatable bonds is 8. The lowest BCUT2D eigenvalue weighted by atomic mass is 10.1. The molecule has 0 saturated carbocycles.